The molecule has 1 aliphatic heterocycles. The summed E-state index contributed by atoms with van der Waals surface area (Å²) < 4.78 is 21.7. The van der Waals surface area contributed by atoms with E-state index in [2.05, 4.69) is 11.5 Å². The molecule has 1 fully saturated rings. The first-order valence-electron chi connectivity index (χ1n) is 6.97. The molecule has 116 valence electrons. The maximum absolute atomic E-state index is 5.53. The average molecular weight is 301 g/mol. The summed E-state index contributed by atoms with van der Waals surface area (Å²) in [6.45, 7) is 4.87. The van der Waals surface area contributed by atoms with Crippen LogP contribution in [0.25, 0.3) is 0 Å². The minimum absolute atomic E-state index is 0.0396. The van der Waals surface area contributed by atoms with E-state index in [0.717, 1.165) is 23.6 Å². The van der Waals surface area contributed by atoms with Crippen molar-refractivity contribution in [3.8, 4) is 17.2 Å². The van der Waals surface area contributed by atoms with Crippen LogP contribution in [0.1, 0.15) is 11.8 Å². The van der Waals surface area contributed by atoms with Crippen LogP contribution in [0.3, 0.4) is 0 Å². The fourth-order valence-electron chi connectivity index (χ4n) is 2.78. The van der Waals surface area contributed by atoms with Crippen LogP contribution in [-0.4, -0.2) is 27.9 Å². The number of rotatable bonds is 5. The normalized spacial score (nSPS) is 17.1. The lowest BCUT2D eigenvalue weighted by Crippen LogP contribution is -2.43. The van der Waals surface area contributed by atoms with Gasteiger partial charge >= 0.3 is 0 Å². The van der Waals surface area contributed by atoms with Crippen LogP contribution in [0.2, 0.25) is 0 Å². The smallest absolute Gasteiger partial charge is 0.203 e. The van der Waals surface area contributed by atoms with Gasteiger partial charge in [0.1, 0.15) is 11.8 Å². The largest absolute Gasteiger partial charge is 0.493 e. The van der Waals surface area contributed by atoms with Gasteiger partial charge in [-0.15, -0.1) is 0 Å². The molecule has 0 radical (unpaired) electrons. The van der Waals surface area contributed by atoms with E-state index < -0.39 is 0 Å². The quantitative estimate of drug-likeness (QED) is 0.792. The average Bonchev–Trinajstić information content (AvgIpc) is 3.04. The van der Waals surface area contributed by atoms with Gasteiger partial charge in [-0.3, -0.25) is 0 Å². The second kappa shape index (κ2) is 5.67. The topological polar surface area (TPSA) is 44.1 Å². The number of nitrogens with zero attached hydrogens (tertiary/aromatic N) is 1. The summed E-state index contributed by atoms with van der Waals surface area (Å²) in [5.41, 5.74) is 2.09. The van der Waals surface area contributed by atoms with E-state index >= 15 is 0 Å². The monoisotopic (exact) mass is 301 g/mol. The fraction of sp³-hybridized carbons (Fsp3) is 0.294. The molecule has 0 amide bonds. The predicted octanol–water partition coefficient (Wildman–Crippen LogP) is 3.42. The summed E-state index contributed by atoms with van der Waals surface area (Å²) >= 11 is 0. The highest BCUT2D eigenvalue weighted by molar-refractivity contribution is 5.67. The molecule has 5 heteroatoms. The molecule has 2 heterocycles. The molecular formula is C17H19NO4. The minimum atomic E-state index is 0.0396. The zero-order chi connectivity index (χ0) is 15.7. The Kier molecular flexibility index (Phi) is 3.71. The molecule has 0 N–H and O–H groups in total. The number of ether oxygens (including phenoxy) is 3. The Bertz CT molecular complexity index is 653. The van der Waals surface area contributed by atoms with Gasteiger partial charge in [-0.2, -0.15) is 0 Å². The molecule has 3 rings (SSSR count). The van der Waals surface area contributed by atoms with Crippen molar-refractivity contribution in [3.05, 3.63) is 48.4 Å². The van der Waals surface area contributed by atoms with Crippen molar-refractivity contribution in [2.45, 2.75) is 6.04 Å². The molecule has 0 bridgehead atoms. The van der Waals surface area contributed by atoms with Crippen molar-refractivity contribution in [1.82, 2.24) is 0 Å². The van der Waals surface area contributed by atoms with E-state index in [1.54, 1.807) is 27.6 Å². The maximum Gasteiger partial charge on any atom is 0.203 e. The van der Waals surface area contributed by atoms with Crippen molar-refractivity contribution in [3.63, 3.8) is 0 Å². The number of methoxy groups -OCH3 is 3. The Morgan fingerprint density at radius 2 is 1.82 bits per heavy atom. The summed E-state index contributed by atoms with van der Waals surface area (Å²) in [6, 6.07) is 7.75. The van der Waals surface area contributed by atoms with Gasteiger partial charge in [-0.05, 0) is 17.7 Å². The maximum atomic E-state index is 5.53. The molecule has 2 aromatic rings. The van der Waals surface area contributed by atoms with Crippen molar-refractivity contribution in [2.24, 2.45) is 0 Å². The molecule has 1 atom stereocenters. The van der Waals surface area contributed by atoms with E-state index in [-0.39, 0.29) is 6.04 Å². The number of benzene rings is 1. The molecule has 0 aliphatic carbocycles. The highest BCUT2D eigenvalue weighted by Crippen LogP contribution is 2.47. The third-order valence-electron chi connectivity index (χ3n) is 3.87. The van der Waals surface area contributed by atoms with Crippen molar-refractivity contribution < 1.29 is 18.6 Å². The second-order valence-electron chi connectivity index (χ2n) is 5.09. The summed E-state index contributed by atoms with van der Waals surface area (Å²) in [6.07, 6.45) is 1.67. The standard InChI is InChI=1S/C17H19NO4/c1-11-10-18(16(11)13-6-5-7-22-13)12-8-14(19-2)17(21-4)15(9-12)20-3/h5-9,16H,1,10H2,2-4H3. The fourth-order valence-corrected chi connectivity index (χ4v) is 2.78. The molecular weight excluding hydrogens is 282 g/mol. The van der Waals surface area contributed by atoms with Crippen molar-refractivity contribution in [1.29, 1.82) is 0 Å². The Hall–Kier alpha value is -2.56. The molecule has 1 aromatic heterocycles. The molecule has 1 aromatic carbocycles. The molecule has 5 nitrogen and oxygen atoms in total. The summed E-state index contributed by atoms with van der Waals surface area (Å²) in [5.74, 6) is 2.73. The van der Waals surface area contributed by atoms with Crippen molar-refractivity contribution in [2.75, 3.05) is 32.8 Å². The Morgan fingerprint density at radius 1 is 1.14 bits per heavy atom. The zero-order valence-corrected chi connectivity index (χ0v) is 13.0. The molecule has 0 spiro atoms. The van der Waals surface area contributed by atoms with Gasteiger partial charge in [-0.25, -0.2) is 0 Å². The molecule has 1 unspecified atom stereocenters. The summed E-state index contributed by atoms with van der Waals surface area (Å²) in [5, 5.41) is 0. The Balaban J connectivity index is 2.00. The van der Waals surface area contributed by atoms with E-state index in [4.69, 9.17) is 18.6 Å². The molecule has 22 heavy (non-hydrogen) atoms. The van der Waals surface area contributed by atoms with E-state index in [1.807, 2.05) is 24.3 Å². The lowest BCUT2D eigenvalue weighted by Gasteiger charge is -2.43. The van der Waals surface area contributed by atoms with Crippen LogP contribution in [-0.2, 0) is 0 Å². The third kappa shape index (κ3) is 2.19. The third-order valence-corrected chi connectivity index (χ3v) is 3.87. The number of anilines is 1. The molecule has 1 aliphatic rings. The molecule has 1 saturated heterocycles. The first-order chi connectivity index (χ1) is 10.7. The van der Waals surface area contributed by atoms with Gasteiger partial charge in [0, 0.05) is 24.4 Å². The number of hydrogen-bond acceptors (Lipinski definition) is 5. The number of furan rings is 1. The first-order valence-corrected chi connectivity index (χ1v) is 6.97. The van der Waals surface area contributed by atoms with Gasteiger partial charge in [0.2, 0.25) is 5.75 Å². The van der Waals surface area contributed by atoms with Gasteiger partial charge in [0.25, 0.3) is 0 Å². The SMILES string of the molecule is C=C1CN(c2cc(OC)c(OC)c(OC)c2)C1c1ccco1. The highest BCUT2D eigenvalue weighted by Gasteiger charge is 2.36. The van der Waals surface area contributed by atoms with Crippen LogP contribution in [0.4, 0.5) is 5.69 Å². The van der Waals surface area contributed by atoms with Gasteiger partial charge < -0.3 is 23.5 Å². The van der Waals surface area contributed by atoms with Crippen LogP contribution in [0.5, 0.6) is 17.2 Å². The van der Waals surface area contributed by atoms with Gasteiger partial charge in [0.05, 0.1) is 27.6 Å². The first kappa shape index (κ1) is 14.4. The lowest BCUT2D eigenvalue weighted by atomic mass is 9.93. The van der Waals surface area contributed by atoms with E-state index in [9.17, 15) is 0 Å². The van der Waals surface area contributed by atoms with E-state index in [1.165, 1.54) is 0 Å². The van der Waals surface area contributed by atoms with Crippen LogP contribution in [0.15, 0.2) is 47.1 Å². The van der Waals surface area contributed by atoms with Crippen molar-refractivity contribution >= 4 is 5.69 Å². The highest BCUT2D eigenvalue weighted by atomic mass is 16.5. The van der Waals surface area contributed by atoms with Gasteiger partial charge in [-0.1, -0.05) is 6.58 Å². The summed E-state index contributed by atoms with van der Waals surface area (Å²) in [7, 11) is 4.82. The Morgan fingerprint density at radius 3 is 2.27 bits per heavy atom. The zero-order valence-electron chi connectivity index (χ0n) is 13.0. The summed E-state index contributed by atoms with van der Waals surface area (Å²) in [4.78, 5) is 2.19. The van der Waals surface area contributed by atoms with Crippen LogP contribution < -0.4 is 19.1 Å². The van der Waals surface area contributed by atoms with Gasteiger partial charge in [0.15, 0.2) is 11.5 Å². The van der Waals surface area contributed by atoms with E-state index in [0.29, 0.717) is 17.2 Å². The Labute approximate surface area is 129 Å². The minimum Gasteiger partial charge on any atom is -0.493 e. The second-order valence-corrected chi connectivity index (χ2v) is 5.09. The van der Waals surface area contributed by atoms with Crippen LogP contribution >= 0.6 is 0 Å². The lowest BCUT2D eigenvalue weighted by molar-refractivity contribution is 0.324. The van der Waals surface area contributed by atoms with Crippen LogP contribution in [0, 0.1) is 0 Å². The molecule has 0 saturated carbocycles. The predicted molar refractivity (Wildman–Crippen MR) is 84.0 cm³/mol. The number of hydrogen-bond donors (Lipinski definition) is 0.